The normalized spacial score (nSPS) is 25.8. The van der Waals surface area contributed by atoms with Gasteiger partial charge in [0.15, 0.2) is 0 Å². The first-order chi connectivity index (χ1) is 8.27. The highest BCUT2D eigenvalue weighted by molar-refractivity contribution is 7.89. The van der Waals surface area contributed by atoms with Crippen molar-refractivity contribution in [3.63, 3.8) is 0 Å². The summed E-state index contributed by atoms with van der Waals surface area (Å²) in [4.78, 5) is 11.3. The first kappa shape index (κ1) is 15.4. The molecule has 0 saturated carbocycles. The van der Waals surface area contributed by atoms with Crippen molar-refractivity contribution in [2.75, 3.05) is 19.4 Å². The lowest BCUT2D eigenvalue weighted by Gasteiger charge is -2.21. The summed E-state index contributed by atoms with van der Waals surface area (Å²) in [6.07, 6.45) is 0.658. The van der Waals surface area contributed by atoms with E-state index in [1.54, 1.807) is 0 Å². The van der Waals surface area contributed by atoms with E-state index in [1.165, 1.54) is 11.4 Å². The number of carbonyl (C=O) groups excluding carboxylic acids is 1. The molecule has 1 amide bonds. The Hall–Kier alpha value is -0.660. The third-order valence-corrected chi connectivity index (χ3v) is 5.06. The molecule has 0 aromatic carbocycles. The first-order valence-electron chi connectivity index (χ1n) is 6.09. The van der Waals surface area contributed by atoms with Crippen molar-refractivity contribution in [3.8, 4) is 0 Å². The van der Waals surface area contributed by atoms with Gasteiger partial charge in [0.1, 0.15) is 6.04 Å². The minimum Gasteiger partial charge on any atom is -0.380 e. The molecule has 2 N–H and O–H groups in total. The predicted molar refractivity (Wildman–Crippen MR) is 68.3 cm³/mol. The fraction of sp³-hybridized carbons (Fsp3) is 0.909. The van der Waals surface area contributed by atoms with Crippen molar-refractivity contribution >= 4 is 15.9 Å². The Morgan fingerprint density at radius 3 is 2.56 bits per heavy atom. The van der Waals surface area contributed by atoms with Crippen LogP contribution in [0.25, 0.3) is 0 Å². The van der Waals surface area contributed by atoms with Gasteiger partial charge in [-0.15, -0.1) is 0 Å². The smallest absolute Gasteiger partial charge is 0.235 e. The maximum atomic E-state index is 12.2. The number of carbonyl (C=O) groups is 1. The maximum Gasteiger partial charge on any atom is 0.235 e. The van der Waals surface area contributed by atoms with Gasteiger partial charge in [-0.25, -0.2) is 8.42 Å². The van der Waals surface area contributed by atoms with Gasteiger partial charge in [-0.05, 0) is 12.3 Å². The van der Waals surface area contributed by atoms with Gasteiger partial charge in [0.2, 0.25) is 15.9 Å². The number of hydrogen-bond donors (Lipinski definition) is 1. The number of rotatable bonds is 6. The fourth-order valence-corrected chi connectivity index (χ4v) is 3.98. The van der Waals surface area contributed by atoms with Crippen LogP contribution in [0.15, 0.2) is 0 Å². The zero-order chi connectivity index (χ0) is 13.9. The van der Waals surface area contributed by atoms with Crippen LogP contribution in [0.3, 0.4) is 0 Å². The first-order valence-corrected chi connectivity index (χ1v) is 7.70. The molecule has 0 unspecified atom stereocenters. The molecule has 0 aliphatic carbocycles. The molecular weight excluding hydrogens is 256 g/mol. The largest absolute Gasteiger partial charge is 0.380 e. The van der Waals surface area contributed by atoms with E-state index >= 15 is 0 Å². The van der Waals surface area contributed by atoms with Crippen molar-refractivity contribution in [2.24, 2.45) is 11.7 Å². The summed E-state index contributed by atoms with van der Waals surface area (Å²) in [6, 6.07) is -0.771. The number of hydrogen-bond acceptors (Lipinski definition) is 4. The molecule has 1 aliphatic heterocycles. The second-order valence-corrected chi connectivity index (χ2v) is 7.12. The number of ether oxygens (including phenoxy) is 1. The van der Waals surface area contributed by atoms with E-state index in [4.69, 9.17) is 10.5 Å². The summed E-state index contributed by atoms with van der Waals surface area (Å²) in [5, 5.41) is 0. The second-order valence-electron chi connectivity index (χ2n) is 5.08. The van der Waals surface area contributed by atoms with E-state index in [0.717, 1.165) is 0 Å². The van der Waals surface area contributed by atoms with Gasteiger partial charge in [0.25, 0.3) is 0 Å². The summed E-state index contributed by atoms with van der Waals surface area (Å²) >= 11 is 0. The predicted octanol–water partition coefficient (Wildman–Crippen LogP) is -0.0631. The van der Waals surface area contributed by atoms with Crippen LogP contribution in [0.1, 0.15) is 26.7 Å². The lowest BCUT2D eigenvalue weighted by molar-refractivity contribution is -0.121. The number of methoxy groups -OCH3 is 1. The van der Waals surface area contributed by atoms with Crippen LogP contribution in [0.5, 0.6) is 0 Å². The molecule has 7 heteroatoms. The molecule has 1 aliphatic rings. The molecule has 0 radical (unpaired) electrons. The van der Waals surface area contributed by atoms with Crippen LogP contribution < -0.4 is 5.73 Å². The average Bonchev–Trinajstić information content (AvgIpc) is 2.71. The lowest BCUT2D eigenvalue weighted by Crippen LogP contribution is -2.44. The Balaban J connectivity index is 2.81. The van der Waals surface area contributed by atoms with Crippen LogP contribution in [-0.2, 0) is 19.6 Å². The molecule has 1 fully saturated rings. The van der Waals surface area contributed by atoms with Gasteiger partial charge in [-0.1, -0.05) is 13.8 Å². The molecule has 1 rings (SSSR count). The monoisotopic (exact) mass is 278 g/mol. The van der Waals surface area contributed by atoms with Crippen molar-refractivity contribution < 1.29 is 17.9 Å². The molecule has 0 spiro atoms. The topological polar surface area (TPSA) is 89.7 Å². The SMILES string of the molecule is CO[C@H]1C[C@@H](C(N)=O)N(S(=O)(=O)CCC(C)C)C1. The van der Waals surface area contributed by atoms with Gasteiger partial charge in [-0.3, -0.25) is 4.79 Å². The van der Waals surface area contributed by atoms with E-state index in [1.807, 2.05) is 13.8 Å². The van der Waals surface area contributed by atoms with Crippen molar-refractivity contribution in [1.29, 1.82) is 0 Å². The Morgan fingerprint density at radius 2 is 2.11 bits per heavy atom. The molecule has 1 saturated heterocycles. The van der Waals surface area contributed by atoms with Crippen LogP contribution >= 0.6 is 0 Å². The standard InChI is InChI=1S/C11H22N2O4S/c1-8(2)4-5-18(15,16)13-7-9(17-3)6-10(13)11(12)14/h8-10H,4-7H2,1-3H3,(H2,12,14)/t9-,10-/m0/s1. The number of nitrogens with two attached hydrogens (primary N) is 1. The summed E-state index contributed by atoms with van der Waals surface area (Å²) in [5.74, 6) is -0.263. The molecule has 18 heavy (non-hydrogen) atoms. The van der Waals surface area contributed by atoms with Gasteiger partial charge in [0.05, 0.1) is 11.9 Å². The lowest BCUT2D eigenvalue weighted by atomic mass is 10.2. The highest BCUT2D eigenvalue weighted by Gasteiger charge is 2.42. The van der Waals surface area contributed by atoms with Gasteiger partial charge in [-0.2, -0.15) is 4.31 Å². The van der Waals surface area contributed by atoms with Crippen molar-refractivity contribution in [3.05, 3.63) is 0 Å². The van der Waals surface area contributed by atoms with Crippen LogP contribution in [0, 0.1) is 5.92 Å². The maximum absolute atomic E-state index is 12.2. The Bertz CT molecular complexity index is 394. The van der Waals surface area contributed by atoms with Gasteiger partial charge in [0, 0.05) is 20.1 Å². The third kappa shape index (κ3) is 3.66. The summed E-state index contributed by atoms with van der Waals surface area (Å²) in [5.41, 5.74) is 5.26. The molecule has 0 bridgehead atoms. The molecule has 106 valence electrons. The van der Waals surface area contributed by atoms with E-state index in [9.17, 15) is 13.2 Å². The summed E-state index contributed by atoms with van der Waals surface area (Å²) < 4.78 is 30.7. The summed E-state index contributed by atoms with van der Waals surface area (Å²) in [7, 11) is -1.93. The van der Waals surface area contributed by atoms with Gasteiger partial charge < -0.3 is 10.5 Å². The number of primary amides is 1. The highest BCUT2D eigenvalue weighted by Crippen LogP contribution is 2.24. The van der Waals surface area contributed by atoms with E-state index in [-0.39, 0.29) is 18.4 Å². The molecule has 1 heterocycles. The fourth-order valence-electron chi connectivity index (χ4n) is 2.01. The second kappa shape index (κ2) is 5.99. The van der Waals surface area contributed by atoms with E-state index < -0.39 is 22.0 Å². The van der Waals surface area contributed by atoms with Crippen molar-refractivity contribution in [1.82, 2.24) is 4.31 Å². The van der Waals surface area contributed by atoms with Crippen LogP contribution in [0.2, 0.25) is 0 Å². The highest BCUT2D eigenvalue weighted by atomic mass is 32.2. The summed E-state index contributed by atoms with van der Waals surface area (Å²) in [6.45, 7) is 4.14. The number of amides is 1. The quantitative estimate of drug-likeness (QED) is 0.737. The molecule has 0 aromatic rings. The molecular formula is C11H22N2O4S. The Kier molecular flexibility index (Phi) is 5.12. The van der Waals surface area contributed by atoms with Crippen molar-refractivity contribution in [2.45, 2.75) is 38.8 Å². The minimum atomic E-state index is -3.44. The van der Waals surface area contributed by atoms with Gasteiger partial charge >= 0.3 is 0 Å². The molecule has 0 aromatic heterocycles. The van der Waals surface area contributed by atoms with Crippen LogP contribution in [0.4, 0.5) is 0 Å². The molecule has 2 atom stereocenters. The van der Waals surface area contributed by atoms with Crippen LogP contribution in [-0.4, -0.2) is 50.2 Å². The average molecular weight is 278 g/mol. The van der Waals surface area contributed by atoms with E-state index in [2.05, 4.69) is 0 Å². The zero-order valence-electron chi connectivity index (χ0n) is 11.1. The Labute approximate surface area is 109 Å². The Morgan fingerprint density at radius 1 is 1.50 bits per heavy atom. The molecule has 6 nitrogen and oxygen atoms in total. The minimum absolute atomic E-state index is 0.0465. The van der Waals surface area contributed by atoms with E-state index in [0.29, 0.717) is 18.8 Å². The number of nitrogens with zero attached hydrogens (tertiary/aromatic N) is 1. The number of sulfonamides is 1. The third-order valence-electron chi connectivity index (χ3n) is 3.19. The zero-order valence-corrected chi connectivity index (χ0v) is 11.9.